The van der Waals surface area contributed by atoms with E-state index in [1.54, 1.807) is 0 Å². The quantitative estimate of drug-likeness (QED) is 0.173. The van der Waals surface area contributed by atoms with E-state index in [2.05, 4.69) is 199 Å². The lowest BCUT2D eigenvalue weighted by atomic mass is 9.85. The van der Waals surface area contributed by atoms with Crippen LogP contribution in [-0.2, 0) is 10.8 Å². The largest absolute Gasteiger partial charge is 0.459 e. The second kappa shape index (κ2) is 14.7. The van der Waals surface area contributed by atoms with Gasteiger partial charge < -0.3 is 17.7 Å². The molecule has 0 unspecified atom stereocenters. The zero-order chi connectivity index (χ0) is 46.1. The average molecular weight is 881 g/mol. The minimum Gasteiger partial charge on any atom is -0.459 e. The minimum atomic E-state index is -0.383. The molecule has 68 heavy (non-hydrogen) atoms. The van der Waals surface area contributed by atoms with Crippen LogP contribution in [0.2, 0.25) is 0 Å². The van der Waals surface area contributed by atoms with Crippen molar-refractivity contribution in [2.75, 3.05) is 0 Å². The number of hydrogen-bond donors (Lipinski definition) is 0. The Hall–Kier alpha value is -8.08. The number of rotatable bonds is 5. The Balaban J connectivity index is 1.21. The molecule has 0 atom stereocenters. The number of benzene rings is 9. The van der Waals surface area contributed by atoms with Crippen LogP contribution in [0, 0.1) is 0 Å². The lowest BCUT2D eigenvalue weighted by Gasteiger charge is -2.16. The highest BCUT2D eigenvalue weighted by Crippen LogP contribution is 2.54. The van der Waals surface area contributed by atoms with Crippen LogP contribution >= 0.6 is 0 Å². The normalized spacial score (nSPS) is 12.6. The highest BCUT2D eigenvalue weighted by Gasteiger charge is 2.34. The lowest BCUT2D eigenvalue weighted by Crippen LogP contribution is -2.10. The number of hydrogen-bond acceptors (Lipinski definition) is 4. The van der Waals surface area contributed by atoms with Gasteiger partial charge in [0.05, 0.1) is 11.1 Å². The van der Waals surface area contributed by atoms with Crippen molar-refractivity contribution in [3.05, 3.63) is 194 Å². The molecule has 9 aromatic carbocycles. The first-order valence-corrected chi connectivity index (χ1v) is 23.6. The van der Waals surface area contributed by atoms with Gasteiger partial charge in [-0.15, -0.1) is 0 Å². The van der Waals surface area contributed by atoms with Crippen molar-refractivity contribution in [1.29, 1.82) is 0 Å². The monoisotopic (exact) mass is 880 g/mol. The minimum absolute atomic E-state index is 0.383. The molecule has 0 fully saturated rings. The summed E-state index contributed by atoms with van der Waals surface area (Å²) in [5.41, 5.74) is 11.0. The molecular weight excluding hydrogens is 833 g/mol. The highest BCUT2D eigenvalue weighted by molar-refractivity contribution is 6.28. The van der Waals surface area contributed by atoms with Crippen molar-refractivity contribution < 1.29 is 17.7 Å². The molecular formula is C64H48O4. The number of furan rings is 4. The van der Waals surface area contributed by atoms with Gasteiger partial charge in [-0.2, -0.15) is 0 Å². The van der Waals surface area contributed by atoms with Crippen molar-refractivity contribution >= 4 is 76.2 Å². The molecule has 0 aliphatic rings. The predicted molar refractivity (Wildman–Crippen MR) is 283 cm³/mol. The molecule has 0 N–H and O–H groups in total. The van der Waals surface area contributed by atoms with Gasteiger partial charge in [0.15, 0.2) is 0 Å². The van der Waals surface area contributed by atoms with Crippen LogP contribution in [0.1, 0.15) is 53.1 Å². The van der Waals surface area contributed by atoms with E-state index in [0.717, 1.165) is 122 Å². The molecule has 0 aliphatic carbocycles. The van der Waals surface area contributed by atoms with Crippen molar-refractivity contribution in [2.45, 2.75) is 52.4 Å². The zero-order valence-electron chi connectivity index (χ0n) is 39.0. The molecule has 13 rings (SSSR count). The Morgan fingerprint density at radius 3 is 1.29 bits per heavy atom. The zero-order valence-corrected chi connectivity index (χ0v) is 39.0. The van der Waals surface area contributed by atoms with E-state index in [0.29, 0.717) is 0 Å². The Kier molecular flexibility index (Phi) is 8.70. The van der Waals surface area contributed by atoms with Gasteiger partial charge in [-0.05, 0) is 97.4 Å². The summed E-state index contributed by atoms with van der Waals surface area (Å²) in [5, 5.41) is 10.8. The van der Waals surface area contributed by atoms with E-state index < -0.39 is 0 Å². The van der Waals surface area contributed by atoms with Crippen LogP contribution in [0.4, 0.5) is 0 Å². The summed E-state index contributed by atoms with van der Waals surface area (Å²) in [4.78, 5) is 0. The Morgan fingerprint density at radius 2 is 0.750 bits per heavy atom. The summed E-state index contributed by atoms with van der Waals surface area (Å²) >= 11 is 0. The average Bonchev–Trinajstić information content (AvgIpc) is 4.15. The first-order valence-electron chi connectivity index (χ1n) is 23.6. The fourth-order valence-corrected chi connectivity index (χ4v) is 10.6. The maximum Gasteiger partial charge on any atom is 0.143 e. The fourth-order valence-electron chi connectivity index (χ4n) is 10.6. The molecule has 0 spiro atoms. The maximum absolute atomic E-state index is 7.45. The third kappa shape index (κ3) is 6.28. The van der Waals surface area contributed by atoms with Crippen LogP contribution in [0.25, 0.3) is 132 Å². The molecule has 4 aromatic heterocycles. The van der Waals surface area contributed by atoms with Gasteiger partial charge in [0.1, 0.15) is 45.4 Å². The van der Waals surface area contributed by atoms with Gasteiger partial charge in [-0.25, -0.2) is 0 Å². The molecule has 0 saturated carbocycles. The van der Waals surface area contributed by atoms with Crippen LogP contribution in [0.15, 0.2) is 200 Å². The van der Waals surface area contributed by atoms with Gasteiger partial charge in [0, 0.05) is 43.1 Å². The SMILES string of the molecule is CC(C)(C)c1oc2c(cc(-c3ccc4ccccc4c3)c3c4oc(C(C)(C)C)c(-c5cc6ccccc6o5)c4cc(-c4ccc(-c5cccc6ccccc56)cc4)c23)c1-c1cc2ccccc2o1. The molecule has 4 heteroatoms. The Morgan fingerprint density at radius 1 is 0.309 bits per heavy atom. The first kappa shape index (κ1) is 40.2. The third-order valence-corrected chi connectivity index (χ3v) is 13.8. The smallest absolute Gasteiger partial charge is 0.143 e. The van der Waals surface area contributed by atoms with E-state index >= 15 is 0 Å². The van der Waals surface area contributed by atoms with Gasteiger partial charge in [-0.1, -0.05) is 181 Å². The van der Waals surface area contributed by atoms with E-state index in [-0.39, 0.29) is 10.8 Å². The molecule has 4 heterocycles. The summed E-state index contributed by atoms with van der Waals surface area (Å²) in [7, 11) is 0. The summed E-state index contributed by atoms with van der Waals surface area (Å²) in [6.07, 6.45) is 0. The van der Waals surface area contributed by atoms with Gasteiger partial charge in [-0.3, -0.25) is 0 Å². The molecule has 0 bridgehead atoms. The van der Waals surface area contributed by atoms with Crippen molar-refractivity contribution in [3.8, 4) is 56.0 Å². The van der Waals surface area contributed by atoms with E-state index in [1.165, 1.54) is 21.7 Å². The second-order valence-electron chi connectivity index (χ2n) is 20.4. The summed E-state index contributed by atoms with van der Waals surface area (Å²) in [5.74, 6) is 3.28. The van der Waals surface area contributed by atoms with Crippen molar-refractivity contribution in [2.24, 2.45) is 0 Å². The third-order valence-electron chi connectivity index (χ3n) is 13.8. The van der Waals surface area contributed by atoms with E-state index in [9.17, 15) is 0 Å². The van der Waals surface area contributed by atoms with Crippen molar-refractivity contribution in [1.82, 2.24) is 0 Å². The van der Waals surface area contributed by atoms with E-state index in [1.807, 2.05) is 24.3 Å². The molecule has 13 aromatic rings. The summed E-state index contributed by atoms with van der Waals surface area (Å²) in [6.45, 7) is 13.3. The Bertz CT molecular complexity index is 4070. The van der Waals surface area contributed by atoms with E-state index in [4.69, 9.17) is 17.7 Å². The second-order valence-corrected chi connectivity index (χ2v) is 20.4. The number of para-hydroxylation sites is 2. The van der Waals surface area contributed by atoms with Gasteiger partial charge in [0.2, 0.25) is 0 Å². The summed E-state index contributed by atoms with van der Waals surface area (Å²) < 4.78 is 28.5. The fraction of sp³-hybridized carbons (Fsp3) is 0.125. The number of fused-ring (bicyclic) bond motifs is 9. The van der Waals surface area contributed by atoms with Gasteiger partial charge >= 0.3 is 0 Å². The molecule has 0 amide bonds. The van der Waals surface area contributed by atoms with Crippen molar-refractivity contribution in [3.63, 3.8) is 0 Å². The molecule has 328 valence electrons. The molecule has 4 nitrogen and oxygen atoms in total. The molecule has 0 saturated heterocycles. The highest BCUT2D eigenvalue weighted by atomic mass is 16.4. The van der Waals surface area contributed by atoms with Gasteiger partial charge in [0.25, 0.3) is 0 Å². The van der Waals surface area contributed by atoms with Crippen LogP contribution in [0.3, 0.4) is 0 Å². The predicted octanol–water partition coefficient (Wildman–Crippen LogP) is 19.1. The molecule has 0 aliphatic heterocycles. The Labute approximate surface area is 394 Å². The van der Waals surface area contributed by atoms with Crippen LogP contribution in [0.5, 0.6) is 0 Å². The maximum atomic E-state index is 7.45. The lowest BCUT2D eigenvalue weighted by molar-refractivity contribution is 0.430. The standard InChI is InChI=1S/C64H48O4/c1-63(2,3)61-55(53-33-43-19-10-13-24-51(43)65-53)49-35-47(40-29-27-39(28-30-40)46-23-15-21-38-17-9-12-22-45(38)46)57-58(60(49)68-61)48(42-31-26-37-16-7-8-18-41(37)32-42)36-50-56(62(64(4,5)6)67-59(50)57)54-34-44-20-11-14-25-52(44)66-54/h7-36H,1-6H3. The summed E-state index contributed by atoms with van der Waals surface area (Å²) in [6, 6.07) is 65.0. The van der Waals surface area contributed by atoms with Crippen LogP contribution < -0.4 is 0 Å². The topological polar surface area (TPSA) is 52.6 Å². The first-order chi connectivity index (χ1) is 33.0. The van der Waals surface area contributed by atoms with Crippen LogP contribution in [-0.4, -0.2) is 0 Å². The molecule has 0 radical (unpaired) electrons.